The zero-order valence-electron chi connectivity index (χ0n) is 18.6. The molecule has 2 aromatic carbocycles. The van der Waals surface area contributed by atoms with Crippen molar-refractivity contribution in [1.29, 1.82) is 0 Å². The van der Waals surface area contributed by atoms with E-state index >= 15 is 0 Å². The molecule has 0 aliphatic carbocycles. The number of esters is 1. The van der Waals surface area contributed by atoms with Gasteiger partial charge in [0.2, 0.25) is 0 Å². The van der Waals surface area contributed by atoms with Gasteiger partial charge >= 0.3 is 5.97 Å². The number of hydrogen-bond acceptors (Lipinski definition) is 6. The normalized spacial score (nSPS) is 11.0. The number of carbonyl (C=O) groups is 1. The molecule has 0 fully saturated rings. The summed E-state index contributed by atoms with van der Waals surface area (Å²) in [5.74, 6) is 2.30. The van der Waals surface area contributed by atoms with Gasteiger partial charge < -0.3 is 23.7 Å². The summed E-state index contributed by atoms with van der Waals surface area (Å²) in [6, 6.07) is 11.4. The molecule has 0 aliphatic heterocycles. The van der Waals surface area contributed by atoms with E-state index in [0.29, 0.717) is 17.2 Å². The number of aryl methyl sites for hydroxylation is 1. The lowest BCUT2D eigenvalue weighted by atomic mass is 10.0. The van der Waals surface area contributed by atoms with Gasteiger partial charge in [0.1, 0.15) is 17.1 Å². The molecule has 0 spiro atoms. The molecule has 2 aromatic rings. The predicted molar refractivity (Wildman–Crippen MR) is 116 cm³/mol. The molecule has 163 valence electrons. The first-order chi connectivity index (χ1) is 14.3. The lowest BCUT2D eigenvalue weighted by Crippen LogP contribution is -2.27. The third-order valence-corrected chi connectivity index (χ3v) is 4.19. The first-order valence-corrected chi connectivity index (χ1v) is 9.82. The molecule has 0 N–H and O–H groups in total. The molecule has 30 heavy (non-hydrogen) atoms. The van der Waals surface area contributed by atoms with E-state index in [-0.39, 0.29) is 6.61 Å². The van der Waals surface area contributed by atoms with Crippen molar-refractivity contribution in [2.24, 2.45) is 0 Å². The van der Waals surface area contributed by atoms with Crippen LogP contribution < -0.4 is 18.9 Å². The predicted octanol–water partition coefficient (Wildman–Crippen LogP) is 4.62. The van der Waals surface area contributed by atoms with Gasteiger partial charge in [-0.3, -0.25) is 0 Å². The topological polar surface area (TPSA) is 63.2 Å². The van der Waals surface area contributed by atoms with Gasteiger partial charge in [-0.1, -0.05) is 12.1 Å². The van der Waals surface area contributed by atoms with E-state index in [1.165, 1.54) is 0 Å². The van der Waals surface area contributed by atoms with E-state index in [1.54, 1.807) is 27.4 Å². The zero-order chi connectivity index (χ0) is 22.1. The average molecular weight is 416 g/mol. The minimum Gasteiger partial charge on any atom is -0.497 e. The van der Waals surface area contributed by atoms with Gasteiger partial charge in [0.15, 0.2) is 18.1 Å². The maximum absolute atomic E-state index is 11.8. The Morgan fingerprint density at radius 1 is 0.967 bits per heavy atom. The highest BCUT2D eigenvalue weighted by molar-refractivity contribution is 5.71. The number of methoxy groups -OCH3 is 3. The van der Waals surface area contributed by atoms with Crippen LogP contribution in [0.25, 0.3) is 0 Å². The van der Waals surface area contributed by atoms with E-state index in [9.17, 15) is 4.79 Å². The first-order valence-electron chi connectivity index (χ1n) is 9.82. The first kappa shape index (κ1) is 23.4. The van der Waals surface area contributed by atoms with Crippen LogP contribution in [0.3, 0.4) is 0 Å². The highest BCUT2D eigenvalue weighted by atomic mass is 16.6. The zero-order valence-corrected chi connectivity index (χ0v) is 18.6. The van der Waals surface area contributed by atoms with Crippen molar-refractivity contribution in [3.8, 4) is 23.0 Å². The Morgan fingerprint density at radius 2 is 1.73 bits per heavy atom. The van der Waals surface area contributed by atoms with E-state index in [1.807, 2.05) is 51.1 Å². The second-order valence-electron chi connectivity index (χ2n) is 7.71. The van der Waals surface area contributed by atoms with Crippen LogP contribution in [0.2, 0.25) is 0 Å². The Balaban J connectivity index is 1.96. The summed E-state index contributed by atoms with van der Waals surface area (Å²) < 4.78 is 27.1. The van der Waals surface area contributed by atoms with E-state index in [0.717, 1.165) is 29.7 Å². The van der Waals surface area contributed by atoms with Crippen molar-refractivity contribution < 1.29 is 28.5 Å². The number of rotatable bonds is 10. The fourth-order valence-electron chi connectivity index (χ4n) is 2.96. The highest BCUT2D eigenvalue weighted by Gasteiger charge is 2.17. The molecule has 0 aliphatic rings. The van der Waals surface area contributed by atoms with Crippen molar-refractivity contribution >= 4 is 5.97 Å². The summed E-state index contributed by atoms with van der Waals surface area (Å²) in [5, 5.41) is 0. The summed E-state index contributed by atoms with van der Waals surface area (Å²) in [6.45, 7) is 5.36. The van der Waals surface area contributed by atoms with Gasteiger partial charge in [-0.15, -0.1) is 0 Å². The minimum atomic E-state index is -0.528. The van der Waals surface area contributed by atoms with Crippen molar-refractivity contribution in [3.05, 3.63) is 53.9 Å². The van der Waals surface area contributed by atoms with Crippen molar-refractivity contribution in [3.63, 3.8) is 0 Å². The van der Waals surface area contributed by atoms with Gasteiger partial charge in [-0.25, -0.2) is 4.79 Å². The summed E-state index contributed by atoms with van der Waals surface area (Å²) >= 11 is 0. The molecular formula is C24H31O6. The molecule has 0 amide bonds. The maximum Gasteiger partial charge on any atom is 0.344 e. The fourth-order valence-corrected chi connectivity index (χ4v) is 2.96. The SMILES string of the molecule is COc1cc(CC[CH]c2cccc(OCC(=O)OC(C)(C)C)c2)c(OC)c(OC)c1. The third kappa shape index (κ3) is 7.17. The molecule has 0 atom stereocenters. The fraction of sp³-hybridized carbons (Fsp3) is 0.417. The summed E-state index contributed by atoms with van der Waals surface area (Å²) in [4.78, 5) is 11.8. The van der Waals surface area contributed by atoms with Crippen LogP contribution in [-0.2, 0) is 16.0 Å². The van der Waals surface area contributed by atoms with Crippen molar-refractivity contribution in [2.75, 3.05) is 27.9 Å². The molecule has 6 heteroatoms. The molecule has 0 bridgehead atoms. The Kier molecular flexibility index (Phi) is 8.39. The van der Waals surface area contributed by atoms with Crippen LogP contribution in [0.15, 0.2) is 36.4 Å². The Hall–Kier alpha value is -2.89. The highest BCUT2D eigenvalue weighted by Crippen LogP contribution is 2.36. The molecule has 0 heterocycles. The molecule has 6 nitrogen and oxygen atoms in total. The van der Waals surface area contributed by atoms with Gasteiger partial charge in [0, 0.05) is 11.6 Å². The van der Waals surface area contributed by atoms with Gasteiger partial charge in [-0.05, 0) is 63.8 Å². The lowest BCUT2D eigenvalue weighted by Gasteiger charge is -2.19. The maximum atomic E-state index is 11.8. The second-order valence-corrected chi connectivity index (χ2v) is 7.71. The summed E-state index contributed by atoms with van der Waals surface area (Å²) in [5.41, 5.74) is 1.48. The van der Waals surface area contributed by atoms with Gasteiger partial charge in [0.25, 0.3) is 0 Å². The standard InChI is InChI=1S/C24H31O6/c1-24(2,3)30-22(25)16-29-19-12-8-10-17(13-19)9-7-11-18-14-20(26-4)15-21(27-5)23(18)28-6/h8-10,12-15H,7,11,16H2,1-6H3. The quantitative estimate of drug-likeness (QED) is 0.528. The molecular weight excluding hydrogens is 384 g/mol. The third-order valence-electron chi connectivity index (χ3n) is 4.19. The number of hydrogen-bond donors (Lipinski definition) is 0. The minimum absolute atomic E-state index is 0.123. The van der Waals surface area contributed by atoms with E-state index in [2.05, 4.69) is 6.42 Å². The molecule has 0 saturated carbocycles. The van der Waals surface area contributed by atoms with Crippen LogP contribution in [0.4, 0.5) is 0 Å². The molecule has 1 radical (unpaired) electrons. The molecule has 0 aromatic heterocycles. The van der Waals surface area contributed by atoms with Crippen molar-refractivity contribution in [2.45, 2.75) is 39.2 Å². The Bertz CT molecular complexity index is 838. The summed E-state index contributed by atoms with van der Waals surface area (Å²) in [7, 11) is 4.86. The van der Waals surface area contributed by atoms with Crippen LogP contribution in [0, 0.1) is 6.42 Å². The molecule has 0 unspecified atom stereocenters. The average Bonchev–Trinajstić information content (AvgIpc) is 2.70. The van der Waals surface area contributed by atoms with Crippen LogP contribution in [0.1, 0.15) is 38.3 Å². The van der Waals surface area contributed by atoms with Gasteiger partial charge in [-0.2, -0.15) is 0 Å². The van der Waals surface area contributed by atoms with Crippen molar-refractivity contribution in [1.82, 2.24) is 0 Å². The molecule has 2 rings (SSSR count). The summed E-state index contributed by atoms with van der Waals surface area (Å²) in [6.07, 6.45) is 3.63. The number of benzene rings is 2. The van der Waals surface area contributed by atoms with E-state index in [4.69, 9.17) is 23.7 Å². The van der Waals surface area contributed by atoms with Crippen LogP contribution >= 0.6 is 0 Å². The molecule has 0 saturated heterocycles. The Labute approximate surface area is 179 Å². The van der Waals surface area contributed by atoms with Gasteiger partial charge in [0.05, 0.1) is 21.3 Å². The van der Waals surface area contributed by atoms with Crippen LogP contribution in [0.5, 0.6) is 23.0 Å². The second kappa shape index (κ2) is 10.8. The van der Waals surface area contributed by atoms with E-state index < -0.39 is 11.6 Å². The lowest BCUT2D eigenvalue weighted by molar-refractivity contribution is -0.157. The Morgan fingerprint density at radius 3 is 2.37 bits per heavy atom. The monoisotopic (exact) mass is 415 g/mol. The number of ether oxygens (including phenoxy) is 5. The number of carbonyl (C=O) groups excluding carboxylic acids is 1. The smallest absolute Gasteiger partial charge is 0.344 e. The van der Waals surface area contributed by atoms with Crippen LogP contribution in [-0.4, -0.2) is 39.5 Å². The largest absolute Gasteiger partial charge is 0.497 e.